The van der Waals surface area contributed by atoms with Crippen LogP contribution in [0.5, 0.6) is 0 Å². The standard InChI is InChI=1S/C10H16N4S/c1-9-3-2-4-10(12-9)13-15-14-7-5-11-6-8-14/h2-4,11H,5-8H2,1H3,(H,12,13)/p+1. The number of aryl methyl sites for hydroxylation is 1. The summed E-state index contributed by atoms with van der Waals surface area (Å²) in [6.45, 7) is 6.38. The third kappa shape index (κ3) is 3.37. The van der Waals surface area contributed by atoms with E-state index in [4.69, 9.17) is 0 Å². The van der Waals surface area contributed by atoms with Gasteiger partial charge in [0.25, 0.3) is 5.82 Å². The van der Waals surface area contributed by atoms with E-state index in [1.54, 1.807) is 12.1 Å². The lowest BCUT2D eigenvalue weighted by atomic mass is 10.4. The van der Waals surface area contributed by atoms with Gasteiger partial charge in [0, 0.05) is 32.2 Å². The number of anilines is 1. The van der Waals surface area contributed by atoms with Crippen molar-refractivity contribution < 1.29 is 4.98 Å². The van der Waals surface area contributed by atoms with E-state index in [2.05, 4.69) is 32.3 Å². The molecule has 82 valence electrons. The zero-order chi connectivity index (χ0) is 10.5. The van der Waals surface area contributed by atoms with Gasteiger partial charge in [-0.2, -0.15) is 4.72 Å². The molecule has 2 heterocycles. The first-order valence-electron chi connectivity index (χ1n) is 5.22. The third-order valence-corrected chi connectivity index (χ3v) is 3.24. The minimum absolute atomic E-state index is 1.05. The molecule has 1 aliphatic rings. The second-order valence-electron chi connectivity index (χ2n) is 3.62. The lowest BCUT2D eigenvalue weighted by Gasteiger charge is -2.22. The van der Waals surface area contributed by atoms with Gasteiger partial charge in [0.15, 0.2) is 0 Å². The first-order chi connectivity index (χ1) is 7.34. The fourth-order valence-electron chi connectivity index (χ4n) is 1.49. The van der Waals surface area contributed by atoms with Crippen LogP contribution >= 0.6 is 12.1 Å². The smallest absolute Gasteiger partial charge is 0.284 e. The van der Waals surface area contributed by atoms with E-state index in [0.29, 0.717) is 0 Å². The van der Waals surface area contributed by atoms with Gasteiger partial charge in [0.1, 0.15) is 12.1 Å². The van der Waals surface area contributed by atoms with Crippen LogP contribution in [0.1, 0.15) is 5.69 Å². The Morgan fingerprint density at radius 3 is 2.93 bits per heavy atom. The van der Waals surface area contributed by atoms with Gasteiger partial charge in [-0.1, -0.05) is 6.07 Å². The minimum atomic E-state index is 1.05. The quantitative estimate of drug-likeness (QED) is 0.743. The van der Waals surface area contributed by atoms with Crippen LogP contribution in [0.2, 0.25) is 0 Å². The molecule has 3 N–H and O–H groups in total. The molecule has 0 aromatic carbocycles. The second kappa shape index (κ2) is 5.34. The van der Waals surface area contributed by atoms with Gasteiger partial charge in [-0.15, -0.1) is 0 Å². The van der Waals surface area contributed by atoms with Crippen LogP contribution in [0.15, 0.2) is 18.2 Å². The Kier molecular flexibility index (Phi) is 3.82. The summed E-state index contributed by atoms with van der Waals surface area (Å²) in [6, 6.07) is 6.15. The monoisotopic (exact) mass is 225 g/mol. The second-order valence-corrected chi connectivity index (χ2v) is 4.52. The molecule has 0 bridgehead atoms. The molecule has 0 aliphatic carbocycles. The summed E-state index contributed by atoms with van der Waals surface area (Å²) in [5, 5.41) is 3.33. The summed E-state index contributed by atoms with van der Waals surface area (Å²) < 4.78 is 5.64. The number of hydrogen-bond donors (Lipinski definition) is 2. The molecule has 1 fully saturated rings. The largest absolute Gasteiger partial charge is 0.314 e. The van der Waals surface area contributed by atoms with Crippen molar-refractivity contribution in [3.63, 3.8) is 0 Å². The summed E-state index contributed by atoms with van der Waals surface area (Å²) in [6.07, 6.45) is 0. The lowest BCUT2D eigenvalue weighted by Crippen LogP contribution is -2.40. The van der Waals surface area contributed by atoms with Crippen molar-refractivity contribution in [2.45, 2.75) is 6.92 Å². The predicted molar refractivity (Wildman–Crippen MR) is 63.4 cm³/mol. The molecule has 1 saturated heterocycles. The number of pyridine rings is 1. The Balaban J connectivity index is 1.81. The average Bonchev–Trinajstić information content (AvgIpc) is 2.28. The molecule has 15 heavy (non-hydrogen) atoms. The highest BCUT2D eigenvalue weighted by atomic mass is 32.2. The maximum atomic E-state index is 3.33. The van der Waals surface area contributed by atoms with Gasteiger partial charge >= 0.3 is 0 Å². The number of H-pyrrole nitrogens is 1. The van der Waals surface area contributed by atoms with E-state index in [1.807, 2.05) is 12.1 Å². The van der Waals surface area contributed by atoms with Crippen molar-refractivity contribution in [1.82, 2.24) is 9.62 Å². The summed E-state index contributed by atoms with van der Waals surface area (Å²) in [5.74, 6) is 1.05. The van der Waals surface area contributed by atoms with Gasteiger partial charge in [-0.3, -0.25) is 0 Å². The lowest BCUT2D eigenvalue weighted by molar-refractivity contribution is -0.370. The first-order valence-corrected chi connectivity index (χ1v) is 5.99. The number of rotatable bonds is 3. The van der Waals surface area contributed by atoms with E-state index in [9.17, 15) is 0 Å². The fraction of sp³-hybridized carbons (Fsp3) is 0.500. The molecule has 1 aromatic rings. The molecule has 1 aromatic heterocycles. The van der Waals surface area contributed by atoms with E-state index >= 15 is 0 Å². The number of nitrogens with zero attached hydrogens (tertiary/aromatic N) is 1. The average molecular weight is 225 g/mol. The molecular formula is C10H17N4S+. The molecule has 0 amide bonds. The van der Waals surface area contributed by atoms with Crippen LogP contribution in [0.25, 0.3) is 0 Å². The van der Waals surface area contributed by atoms with Gasteiger partial charge < -0.3 is 5.32 Å². The summed E-state index contributed by atoms with van der Waals surface area (Å²) >= 11 is 1.67. The highest BCUT2D eigenvalue weighted by molar-refractivity contribution is 7.98. The van der Waals surface area contributed by atoms with Crippen LogP contribution in [0, 0.1) is 6.92 Å². The zero-order valence-corrected chi connectivity index (χ0v) is 9.73. The van der Waals surface area contributed by atoms with E-state index < -0.39 is 0 Å². The SMILES string of the molecule is Cc1cccc(NSN2CCNCC2)[nH+]1. The van der Waals surface area contributed by atoms with Crippen molar-refractivity contribution in [2.75, 3.05) is 30.9 Å². The van der Waals surface area contributed by atoms with Crippen molar-refractivity contribution >= 4 is 18.0 Å². The molecule has 4 nitrogen and oxygen atoms in total. The van der Waals surface area contributed by atoms with Crippen LogP contribution in [0.3, 0.4) is 0 Å². The van der Waals surface area contributed by atoms with E-state index in [0.717, 1.165) is 32.0 Å². The summed E-state index contributed by atoms with van der Waals surface area (Å²) in [7, 11) is 0. The number of hydrogen-bond acceptors (Lipinski definition) is 4. The topological polar surface area (TPSA) is 41.4 Å². The number of aromatic amines is 1. The van der Waals surface area contributed by atoms with Crippen molar-refractivity contribution in [3.05, 3.63) is 23.9 Å². The van der Waals surface area contributed by atoms with E-state index in [1.165, 1.54) is 5.69 Å². The maximum absolute atomic E-state index is 3.33. The first kappa shape index (κ1) is 10.7. The Bertz CT molecular complexity index is 312. The van der Waals surface area contributed by atoms with Crippen molar-refractivity contribution in [1.29, 1.82) is 0 Å². The van der Waals surface area contributed by atoms with Crippen LogP contribution < -0.4 is 15.0 Å². The Labute approximate surface area is 94.7 Å². The molecule has 0 atom stereocenters. The molecule has 0 saturated carbocycles. The van der Waals surface area contributed by atoms with Crippen LogP contribution in [-0.2, 0) is 0 Å². The fourth-order valence-corrected chi connectivity index (χ4v) is 2.20. The number of aromatic nitrogens is 1. The number of nitrogens with one attached hydrogen (secondary N) is 3. The van der Waals surface area contributed by atoms with Crippen molar-refractivity contribution in [3.8, 4) is 0 Å². The van der Waals surface area contributed by atoms with Crippen molar-refractivity contribution in [2.24, 2.45) is 0 Å². The Hall–Kier alpha value is -0.780. The molecule has 2 rings (SSSR count). The molecular weight excluding hydrogens is 208 g/mol. The van der Waals surface area contributed by atoms with Gasteiger partial charge in [0.2, 0.25) is 0 Å². The predicted octanol–water partition coefficient (Wildman–Crippen LogP) is 0.689. The van der Waals surface area contributed by atoms with E-state index in [-0.39, 0.29) is 0 Å². The highest BCUT2D eigenvalue weighted by Gasteiger charge is 2.13. The van der Waals surface area contributed by atoms with Gasteiger partial charge in [-0.25, -0.2) is 9.29 Å². The summed E-state index contributed by atoms with van der Waals surface area (Å²) in [5.41, 5.74) is 1.17. The Morgan fingerprint density at radius 2 is 2.20 bits per heavy atom. The zero-order valence-electron chi connectivity index (χ0n) is 8.92. The minimum Gasteiger partial charge on any atom is -0.314 e. The maximum Gasteiger partial charge on any atom is 0.284 e. The molecule has 0 radical (unpaired) electrons. The van der Waals surface area contributed by atoms with Gasteiger partial charge in [0.05, 0.1) is 5.69 Å². The van der Waals surface area contributed by atoms with Crippen LogP contribution in [-0.4, -0.2) is 30.5 Å². The normalized spacial score (nSPS) is 17.7. The molecule has 0 spiro atoms. The summed E-state index contributed by atoms with van der Waals surface area (Å²) in [4.78, 5) is 3.27. The number of piperazine rings is 1. The highest BCUT2D eigenvalue weighted by Crippen LogP contribution is 2.12. The Morgan fingerprint density at radius 1 is 1.40 bits per heavy atom. The van der Waals surface area contributed by atoms with Gasteiger partial charge in [-0.05, 0) is 13.0 Å². The van der Waals surface area contributed by atoms with Crippen LogP contribution in [0.4, 0.5) is 5.82 Å². The third-order valence-electron chi connectivity index (χ3n) is 2.30. The molecule has 5 heteroatoms. The molecule has 0 unspecified atom stereocenters. The molecule has 1 aliphatic heterocycles.